The number of halogens is 3. The summed E-state index contributed by atoms with van der Waals surface area (Å²) >= 11 is 0. The van der Waals surface area contributed by atoms with Gasteiger partial charge in [-0.3, -0.25) is 9.59 Å². The first-order chi connectivity index (χ1) is 14.6. The zero-order valence-electron chi connectivity index (χ0n) is 16.6. The number of aromatic nitrogens is 4. The predicted molar refractivity (Wildman–Crippen MR) is 107 cm³/mol. The summed E-state index contributed by atoms with van der Waals surface area (Å²) in [6.07, 6.45) is -4.81. The van der Waals surface area contributed by atoms with Crippen LogP contribution in [0.4, 0.5) is 13.2 Å². The number of hydrogen-bond donors (Lipinski definition) is 1. The third-order valence-electron chi connectivity index (χ3n) is 5.00. The molecule has 0 bridgehead atoms. The molecular weight excluding hydrogens is 411 g/mol. The number of nitrogens with one attached hydrogen (secondary N) is 1. The Balaban J connectivity index is 1.60. The summed E-state index contributed by atoms with van der Waals surface area (Å²) < 4.78 is 40.8. The van der Waals surface area contributed by atoms with Crippen LogP contribution >= 0.6 is 0 Å². The largest absolute Gasteiger partial charge is 0.453 e. The molecule has 10 heteroatoms. The summed E-state index contributed by atoms with van der Waals surface area (Å²) in [5.74, 6) is -2.22. The van der Waals surface area contributed by atoms with Gasteiger partial charge < -0.3 is 9.88 Å². The monoisotopic (exact) mass is 429 g/mol. The topological polar surface area (TPSA) is 81.3 Å². The second kappa shape index (κ2) is 7.53. The van der Waals surface area contributed by atoms with Gasteiger partial charge in [-0.25, -0.2) is 0 Å². The first kappa shape index (κ1) is 20.6. The molecule has 0 radical (unpaired) electrons. The van der Waals surface area contributed by atoms with E-state index in [1.165, 1.54) is 11.5 Å². The van der Waals surface area contributed by atoms with E-state index in [4.69, 9.17) is 0 Å². The van der Waals surface area contributed by atoms with Gasteiger partial charge in [-0.2, -0.15) is 22.7 Å². The van der Waals surface area contributed by atoms with E-state index in [0.29, 0.717) is 10.2 Å². The van der Waals surface area contributed by atoms with Gasteiger partial charge in [0.2, 0.25) is 11.7 Å². The Kier molecular flexibility index (Phi) is 5.00. The Bertz CT molecular complexity index is 1360. The van der Waals surface area contributed by atoms with Gasteiger partial charge in [0, 0.05) is 11.8 Å². The fourth-order valence-corrected chi connectivity index (χ4v) is 3.41. The average Bonchev–Trinajstić information content (AvgIpc) is 3.17. The third kappa shape index (κ3) is 4.00. The molecule has 4 rings (SSSR count). The van der Waals surface area contributed by atoms with Gasteiger partial charge in [-0.15, -0.1) is 5.10 Å². The van der Waals surface area contributed by atoms with Crippen molar-refractivity contribution in [1.29, 1.82) is 0 Å². The highest BCUT2D eigenvalue weighted by Gasteiger charge is 2.37. The molecule has 2 heterocycles. The van der Waals surface area contributed by atoms with Crippen molar-refractivity contribution in [3.05, 3.63) is 76.0 Å². The van der Waals surface area contributed by atoms with Crippen LogP contribution in [0.15, 0.2) is 53.3 Å². The first-order valence-electron chi connectivity index (χ1n) is 9.46. The molecular formula is C21H18F3N5O2. The van der Waals surface area contributed by atoms with Gasteiger partial charge in [0.25, 0.3) is 11.4 Å². The SMILES string of the molecule is Cc1cc(=O)n2nc(C(F)(F)F)nc2n1CC(=O)N[C@@H](C)c1ccc2ccccc2c1. The summed E-state index contributed by atoms with van der Waals surface area (Å²) in [5.41, 5.74) is 0.430. The molecule has 0 saturated carbocycles. The van der Waals surface area contributed by atoms with Crippen LogP contribution in [0.1, 0.15) is 30.0 Å². The van der Waals surface area contributed by atoms with Crippen LogP contribution in [-0.2, 0) is 17.5 Å². The zero-order chi connectivity index (χ0) is 22.3. The maximum Gasteiger partial charge on any atom is 0.453 e. The van der Waals surface area contributed by atoms with E-state index >= 15 is 0 Å². The highest BCUT2D eigenvalue weighted by atomic mass is 19.4. The summed E-state index contributed by atoms with van der Waals surface area (Å²) in [5, 5.41) is 8.18. The molecule has 0 saturated heterocycles. The van der Waals surface area contributed by atoms with E-state index in [-0.39, 0.29) is 18.4 Å². The minimum Gasteiger partial charge on any atom is -0.348 e. The number of carbonyl (C=O) groups excluding carboxylic acids is 1. The molecule has 7 nitrogen and oxygen atoms in total. The Hall–Kier alpha value is -3.69. The number of carbonyl (C=O) groups is 1. The van der Waals surface area contributed by atoms with Crippen LogP contribution in [0.5, 0.6) is 0 Å². The summed E-state index contributed by atoms with van der Waals surface area (Å²) in [4.78, 5) is 28.1. The molecule has 0 spiro atoms. The molecule has 160 valence electrons. The van der Waals surface area contributed by atoms with Crippen molar-refractivity contribution >= 4 is 22.5 Å². The minimum atomic E-state index is -4.81. The van der Waals surface area contributed by atoms with Gasteiger partial charge >= 0.3 is 6.18 Å². The molecule has 4 aromatic rings. The van der Waals surface area contributed by atoms with E-state index in [1.54, 1.807) is 0 Å². The smallest absolute Gasteiger partial charge is 0.348 e. The van der Waals surface area contributed by atoms with Crippen LogP contribution in [0, 0.1) is 6.92 Å². The van der Waals surface area contributed by atoms with Crippen LogP contribution in [0.2, 0.25) is 0 Å². The molecule has 0 unspecified atom stereocenters. The molecule has 2 aromatic heterocycles. The molecule has 1 atom stereocenters. The van der Waals surface area contributed by atoms with Crippen LogP contribution in [0.25, 0.3) is 16.6 Å². The van der Waals surface area contributed by atoms with E-state index < -0.39 is 23.5 Å². The summed E-state index contributed by atoms with van der Waals surface area (Å²) in [7, 11) is 0. The molecule has 0 aliphatic carbocycles. The summed E-state index contributed by atoms with van der Waals surface area (Å²) in [6.45, 7) is 3.02. The van der Waals surface area contributed by atoms with Crippen molar-refractivity contribution in [2.75, 3.05) is 0 Å². The Morgan fingerprint density at radius 1 is 1.13 bits per heavy atom. The molecule has 0 aliphatic heterocycles. The lowest BCUT2D eigenvalue weighted by Gasteiger charge is -2.17. The summed E-state index contributed by atoms with van der Waals surface area (Å²) in [6, 6.07) is 14.4. The Morgan fingerprint density at radius 2 is 1.84 bits per heavy atom. The Morgan fingerprint density at radius 3 is 2.55 bits per heavy atom. The molecule has 1 amide bonds. The third-order valence-corrected chi connectivity index (χ3v) is 5.00. The van der Waals surface area contributed by atoms with Gasteiger partial charge in [-0.05, 0) is 36.2 Å². The molecule has 1 N–H and O–H groups in total. The number of nitrogens with zero attached hydrogens (tertiary/aromatic N) is 4. The number of rotatable bonds is 4. The second-order valence-electron chi connectivity index (χ2n) is 7.25. The average molecular weight is 429 g/mol. The lowest BCUT2D eigenvalue weighted by atomic mass is 10.0. The van der Waals surface area contributed by atoms with Crippen molar-refractivity contribution in [3.63, 3.8) is 0 Å². The number of hydrogen-bond acceptors (Lipinski definition) is 4. The zero-order valence-corrected chi connectivity index (χ0v) is 16.6. The van der Waals surface area contributed by atoms with Crippen LogP contribution < -0.4 is 10.9 Å². The standard InChI is InChI=1S/C21H18F3N5O2/c1-12-9-18(31)29-20(26-19(27-29)21(22,23)24)28(12)11-17(30)25-13(2)15-8-7-14-5-3-4-6-16(14)10-15/h3-10,13H,11H2,1-2H3,(H,25,30)/t13-/m0/s1. The number of alkyl halides is 3. The maximum absolute atomic E-state index is 13.0. The highest BCUT2D eigenvalue weighted by molar-refractivity contribution is 5.83. The molecule has 0 fully saturated rings. The molecule has 2 aromatic carbocycles. The lowest BCUT2D eigenvalue weighted by molar-refractivity contribution is -0.144. The van der Waals surface area contributed by atoms with Crippen molar-refractivity contribution in [2.45, 2.75) is 32.6 Å². The minimum absolute atomic E-state index is 0.298. The van der Waals surface area contributed by atoms with Crippen LogP contribution in [-0.4, -0.2) is 25.1 Å². The van der Waals surface area contributed by atoms with E-state index in [2.05, 4.69) is 15.4 Å². The Labute approximate surface area is 174 Å². The maximum atomic E-state index is 13.0. The fourth-order valence-electron chi connectivity index (χ4n) is 3.41. The van der Waals surface area contributed by atoms with Gasteiger partial charge in [0.05, 0.1) is 6.04 Å². The molecule has 31 heavy (non-hydrogen) atoms. The number of fused-ring (bicyclic) bond motifs is 2. The first-order valence-corrected chi connectivity index (χ1v) is 9.46. The van der Waals surface area contributed by atoms with Crippen molar-refractivity contribution in [1.82, 2.24) is 24.5 Å². The number of aryl methyl sites for hydroxylation is 1. The quantitative estimate of drug-likeness (QED) is 0.540. The van der Waals surface area contributed by atoms with Gasteiger partial charge in [-0.1, -0.05) is 36.4 Å². The number of amides is 1. The highest BCUT2D eigenvalue weighted by Crippen LogP contribution is 2.26. The van der Waals surface area contributed by atoms with Gasteiger partial charge in [0.15, 0.2) is 0 Å². The van der Waals surface area contributed by atoms with E-state index in [0.717, 1.165) is 22.4 Å². The van der Waals surface area contributed by atoms with Crippen molar-refractivity contribution in [2.24, 2.45) is 0 Å². The van der Waals surface area contributed by atoms with Crippen LogP contribution in [0.3, 0.4) is 0 Å². The van der Waals surface area contributed by atoms with E-state index in [9.17, 15) is 22.8 Å². The second-order valence-corrected chi connectivity index (χ2v) is 7.25. The fraction of sp³-hybridized carbons (Fsp3) is 0.238. The number of benzene rings is 2. The lowest BCUT2D eigenvalue weighted by Crippen LogP contribution is -2.32. The van der Waals surface area contributed by atoms with E-state index in [1.807, 2.05) is 49.4 Å². The van der Waals surface area contributed by atoms with Crippen molar-refractivity contribution in [3.8, 4) is 0 Å². The predicted octanol–water partition coefficient (Wildman–Crippen LogP) is 3.25. The van der Waals surface area contributed by atoms with Crippen molar-refractivity contribution < 1.29 is 18.0 Å². The van der Waals surface area contributed by atoms with Gasteiger partial charge in [0.1, 0.15) is 6.54 Å². The molecule has 0 aliphatic rings. The normalized spacial score (nSPS) is 12.9.